The first kappa shape index (κ1) is 21.2. The molecule has 0 saturated carbocycles. The van der Waals surface area contributed by atoms with E-state index in [4.69, 9.17) is 4.42 Å². The van der Waals surface area contributed by atoms with Gasteiger partial charge in [-0.1, -0.05) is 48.5 Å². The average molecular weight is 476 g/mol. The van der Waals surface area contributed by atoms with Gasteiger partial charge in [0.1, 0.15) is 16.9 Å². The normalized spacial score (nSPS) is 13.7. The number of nitrogens with one attached hydrogen (secondary N) is 2. The van der Waals surface area contributed by atoms with Crippen LogP contribution in [0.15, 0.2) is 93.8 Å². The predicted molar refractivity (Wildman–Crippen MR) is 132 cm³/mol. The molecule has 1 aliphatic heterocycles. The van der Waals surface area contributed by atoms with E-state index in [9.17, 15) is 19.2 Å². The fourth-order valence-corrected chi connectivity index (χ4v) is 4.21. The number of fused-ring (bicyclic) bond motifs is 3. The van der Waals surface area contributed by atoms with Crippen LogP contribution in [-0.4, -0.2) is 27.6 Å². The zero-order valence-corrected chi connectivity index (χ0v) is 18.5. The second kappa shape index (κ2) is 8.17. The Balaban J connectivity index is 1.60. The lowest BCUT2D eigenvalue weighted by Crippen LogP contribution is -2.51. The lowest BCUT2D eigenvalue weighted by Gasteiger charge is -2.13. The summed E-state index contributed by atoms with van der Waals surface area (Å²) in [6, 6.07) is 21.3. The van der Waals surface area contributed by atoms with Gasteiger partial charge in [0.25, 0.3) is 11.8 Å². The Hall–Kier alpha value is -5.31. The van der Waals surface area contributed by atoms with Crippen molar-refractivity contribution in [3.8, 4) is 16.9 Å². The van der Waals surface area contributed by atoms with Crippen molar-refractivity contribution in [2.45, 2.75) is 0 Å². The highest BCUT2D eigenvalue weighted by Gasteiger charge is 2.29. The van der Waals surface area contributed by atoms with Crippen LogP contribution in [0.25, 0.3) is 44.8 Å². The van der Waals surface area contributed by atoms with Crippen LogP contribution in [0.2, 0.25) is 0 Å². The minimum atomic E-state index is -0.899. The number of urea groups is 1. The van der Waals surface area contributed by atoms with Crippen molar-refractivity contribution in [3.05, 3.63) is 101 Å². The van der Waals surface area contributed by atoms with Gasteiger partial charge in [-0.05, 0) is 41.1 Å². The quantitative estimate of drug-likeness (QED) is 0.178. The molecule has 0 unspecified atom stereocenters. The molecule has 0 bridgehead atoms. The zero-order valence-electron chi connectivity index (χ0n) is 18.5. The number of aromatic nitrogens is 2. The van der Waals surface area contributed by atoms with Crippen LogP contribution in [0.4, 0.5) is 4.79 Å². The number of benzene rings is 3. The van der Waals surface area contributed by atoms with Crippen LogP contribution in [0, 0.1) is 0 Å². The molecule has 9 nitrogen and oxygen atoms in total. The smallest absolute Gasteiger partial charge is 0.345 e. The first-order valence-electron chi connectivity index (χ1n) is 11.0. The molecule has 4 amide bonds. The molecule has 36 heavy (non-hydrogen) atoms. The molecular formula is C27H16N4O5. The summed E-state index contributed by atoms with van der Waals surface area (Å²) in [5.74, 6) is -1.70. The average Bonchev–Trinajstić information content (AvgIpc) is 3.30. The second-order valence-corrected chi connectivity index (χ2v) is 8.15. The minimum Gasteiger partial charge on any atom is -0.422 e. The van der Waals surface area contributed by atoms with E-state index in [-0.39, 0.29) is 16.8 Å². The third-order valence-corrected chi connectivity index (χ3v) is 5.90. The van der Waals surface area contributed by atoms with Gasteiger partial charge >= 0.3 is 11.7 Å². The third-order valence-electron chi connectivity index (χ3n) is 5.90. The molecule has 3 aromatic carbocycles. The molecule has 1 aliphatic rings. The summed E-state index contributed by atoms with van der Waals surface area (Å²) in [6.07, 6.45) is 2.90. The fraction of sp³-hybridized carbons (Fsp3) is 0. The Morgan fingerprint density at radius 3 is 2.31 bits per heavy atom. The van der Waals surface area contributed by atoms with E-state index < -0.39 is 23.5 Å². The van der Waals surface area contributed by atoms with E-state index >= 15 is 0 Å². The van der Waals surface area contributed by atoms with E-state index in [1.165, 1.54) is 10.8 Å². The van der Waals surface area contributed by atoms with Crippen LogP contribution in [-0.2, 0) is 9.59 Å². The summed E-state index contributed by atoms with van der Waals surface area (Å²) in [5, 5.41) is 11.3. The molecule has 2 N–H and O–H groups in total. The maximum atomic E-state index is 13.1. The first-order chi connectivity index (χ1) is 17.5. The number of carbonyl (C=O) groups is 3. The van der Waals surface area contributed by atoms with Gasteiger partial charge in [0.15, 0.2) is 0 Å². The minimum absolute atomic E-state index is 0.160. The number of hydrogen-bond donors (Lipinski definition) is 2. The number of hydrogen-bond acceptors (Lipinski definition) is 6. The number of nitrogens with zero attached hydrogens (tertiary/aromatic N) is 2. The lowest BCUT2D eigenvalue weighted by molar-refractivity contribution is -0.123. The molecule has 0 spiro atoms. The van der Waals surface area contributed by atoms with Gasteiger partial charge in [-0.3, -0.25) is 20.2 Å². The van der Waals surface area contributed by atoms with Crippen molar-refractivity contribution >= 4 is 45.7 Å². The zero-order chi connectivity index (χ0) is 24.8. The van der Waals surface area contributed by atoms with E-state index in [1.54, 1.807) is 18.3 Å². The number of imide groups is 2. The fourth-order valence-electron chi connectivity index (χ4n) is 4.21. The first-order valence-corrected chi connectivity index (χ1v) is 11.0. The van der Waals surface area contributed by atoms with Gasteiger partial charge in [0.2, 0.25) is 0 Å². The number of para-hydroxylation sites is 1. The van der Waals surface area contributed by atoms with Crippen LogP contribution in [0.1, 0.15) is 5.56 Å². The van der Waals surface area contributed by atoms with Crippen molar-refractivity contribution in [2.75, 3.05) is 0 Å². The van der Waals surface area contributed by atoms with Gasteiger partial charge in [-0.25, -0.2) is 14.3 Å². The molecule has 0 radical (unpaired) electrons. The van der Waals surface area contributed by atoms with Gasteiger partial charge < -0.3 is 4.42 Å². The largest absolute Gasteiger partial charge is 0.422 e. The molecule has 1 saturated heterocycles. The van der Waals surface area contributed by atoms with Crippen LogP contribution in [0.3, 0.4) is 0 Å². The molecule has 3 heterocycles. The van der Waals surface area contributed by atoms with E-state index in [1.807, 2.05) is 71.3 Å². The molecule has 5 aromatic rings. The van der Waals surface area contributed by atoms with Crippen molar-refractivity contribution in [1.82, 2.24) is 20.4 Å². The Kier molecular flexibility index (Phi) is 4.82. The topological polar surface area (TPSA) is 123 Å². The Bertz CT molecular complexity index is 1790. The molecule has 6 rings (SSSR count). The summed E-state index contributed by atoms with van der Waals surface area (Å²) < 4.78 is 7.18. The van der Waals surface area contributed by atoms with Crippen LogP contribution in [0.5, 0.6) is 0 Å². The number of amides is 4. The summed E-state index contributed by atoms with van der Waals surface area (Å²) in [7, 11) is 0. The van der Waals surface area contributed by atoms with Crippen LogP contribution < -0.4 is 16.3 Å². The number of rotatable bonds is 3. The number of carbonyl (C=O) groups excluding carboxylic acids is 3. The predicted octanol–water partition coefficient (Wildman–Crippen LogP) is 3.55. The SMILES string of the molecule is O=C1NC(=O)C(=Cc2cn(-c3ccccc3)nc2-c2cc3c(ccc4ccccc43)oc2=O)C(=O)N1. The highest BCUT2D eigenvalue weighted by atomic mass is 16.4. The Labute approximate surface area is 202 Å². The van der Waals surface area contributed by atoms with E-state index in [0.29, 0.717) is 22.2 Å². The lowest BCUT2D eigenvalue weighted by atomic mass is 10.0. The Morgan fingerprint density at radius 1 is 0.806 bits per heavy atom. The molecule has 9 heteroatoms. The van der Waals surface area contributed by atoms with Gasteiger partial charge in [0, 0.05) is 17.1 Å². The second-order valence-electron chi connectivity index (χ2n) is 8.15. The highest BCUT2D eigenvalue weighted by Crippen LogP contribution is 2.30. The van der Waals surface area contributed by atoms with E-state index in [0.717, 1.165) is 10.8 Å². The van der Waals surface area contributed by atoms with Gasteiger partial charge in [0.05, 0.1) is 11.3 Å². The van der Waals surface area contributed by atoms with Crippen molar-refractivity contribution in [1.29, 1.82) is 0 Å². The van der Waals surface area contributed by atoms with Gasteiger partial charge in [-0.2, -0.15) is 5.10 Å². The summed E-state index contributed by atoms with van der Waals surface area (Å²) in [4.78, 5) is 49.3. The molecule has 0 atom stereocenters. The standard InChI is InChI=1S/C27H16N4O5/c32-24-21(25(33)29-27(35)28-24)12-16-14-31(17-7-2-1-3-8-17)30-23(16)20-13-19-18-9-5-4-6-15(18)10-11-22(19)36-26(20)34/h1-14H,(H2,28,29,32,33,35). The van der Waals surface area contributed by atoms with Crippen LogP contribution >= 0.6 is 0 Å². The molecule has 2 aromatic heterocycles. The maximum absolute atomic E-state index is 13.1. The third kappa shape index (κ3) is 3.55. The Morgan fingerprint density at radius 2 is 1.53 bits per heavy atom. The molecule has 174 valence electrons. The molecular weight excluding hydrogens is 460 g/mol. The molecule has 0 aliphatic carbocycles. The molecule has 1 fully saturated rings. The summed E-state index contributed by atoms with van der Waals surface area (Å²) in [5.41, 5.74) is 0.907. The van der Waals surface area contributed by atoms with E-state index in [2.05, 4.69) is 5.10 Å². The van der Waals surface area contributed by atoms with Crippen molar-refractivity contribution < 1.29 is 18.8 Å². The van der Waals surface area contributed by atoms with Crippen molar-refractivity contribution in [3.63, 3.8) is 0 Å². The monoisotopic (exact) mass is 476 g/mol. The van der Waals surface area contributed by atoms with Gasteiger partial charge in [-0.15, -0.1) is 0 Å². The summed E-state index contributed by atoms with van der Waals surface area (Å²) >= 11 is 0. The highest BCUT2D eigenvalue weighted by molar-refractivity contribution is 6.31. The maximum Gasteiger partial charge on any atom is 0.345 e. The number of barbiturate groups is 1. The summed E-state index contributed by atoms with van der Waals surface area (Å²) in [6.45, 7) is 0. The van der Waals surface area contributed by atoms with Crippen molar-refractivity contribution in [2.24, 2.45) is 0 Å².